The third kappa shape index (κ3) is 5.58. The molecule has 5 rings (SSSR count). The summed E-state index contributed by atoms with van der Waals surface area (Å²) in [6.45, 7) is 3.90. The van der Waals surface area contributed by atoms with Gasteiger partial charge < -0.3 is 21.3 Å². The summed E-state index contributed by atoms with van der Waals surface area (Å²) in [6.07, 6.45) is 3.70. The maximum absolute atomic E-state index is 12.8. The number of aromatic nitrogens is 4. The first-order chi connectivity index (χ1) is 17.9. The van der Waals surface area contributed by atoms with Crippen molar-refractivity contribution in [2.24, 2.45) is 0 Å². The minimum atomic E-state index is -0.317. The quantitative estimate of drug-likeness (QED) is 0.288. The van der Waals surface area contributed by atoms with E-state index >= 15 is 0 Å². The van der Waals surface area contributed by atoms with Crippen LogP contribution in [0.1, 0.15) is 44.8 Å². The van der Waals surface area contributed by atoms with Gasteiger partial charge in [-0.3, -0.25) is 9.59 Å². The highest BCUT2D eigenvalue weighted by atomic mass is 16.2. The van der Waals surface area contributed by atoms with Crippen molar-refractivity contribution in [2.75, 3.05) is 23.0 Å². The lowest BCUT2D eigenvalue weighted by molar-refractivity contribution is 0.0956. The summed E-state index contributed by atoms with van der Waals surface area (Å²) < 4.78 is 1.57. The molecule has 0 aliphatic heterocycles. The lowest BCUT2D eigenvalue weighted by Crippen LogP contribution is -2.18. The fourth-order valence-electron chi connectivity index (χ4n) is 3.82. The molecule has 2 aromatic carbocycles. The average Bonchev–Trinajstić information content (AvgIpc) is 3.61. The molecule has 0 unspecified atom stereocenters. The van der Waals surface area contributed by atoms with Gasteiger partial charge in [0.1, 0.15) is 18.0 Å². The standard InChI is InChI=1S/C27H28N8O2/c1-16-5-4-6-18(11-16)26(36)32-20-8-7-17(2)21(12-20)33-25-13-22(27(37)28-3)34-35(25)24-14-23(29-15-30-24)31-19-9-10-19/h4-8,11-15,19,33H,9-10H2,1-3H3,(H,28,37)(H,32,36)(H,29,30,31). The number of hydrogen-bond acceptors (Lipinski definition) is 7. The van der Waals surface area contributed by atoms with E-state index < -0.39 is 0 Å². The number of anilines is 4. The number of nitrogens with one attached hydrogen (secondary N) is 4. The van der Waals surface area contributed by atoms with Gasteiger partial charge in [0.2, 0.25) is 0 Å². The van der Waals surface area contributed by atoms with E-state index in [0.29, 0.717) is 34.7 Å². The number of amides is 2. The average molecular weight is 497 g/mol. The van der Waals surface area contributed by atoms with Crippen molar-refractivity contribution >= 4 is 34.8 Å². The lowest BCUT2D eigenvalue weighted by atomic mass is 10.1. The normalized spacial score (nSPS) is 12.6. The molecule has 1 fully saturated rings. The molecule has 2 aromatic heterocycles. The third-order valence-electron chi connectivity index (χ3n) is 6.01. The molecule has 37 heavy (non-hydrogen) atoms. The maximum atomic E-state index is 12.8. The van der Waals surface area contributed by atoms with Crippen LogP contribution in [-0.4, -0.2) is 44.7 Å². The van der Waals surface area contributed by atoms with Crippen LogP contribution in [0.4, 0.5) is 23.0 Å². The summed E-state index contributed by atoms with van der Waals surface area (Å²) in [6, 6.07) is 16.9. The van der Waals surface area contributed by atoms with E-state index in [1.54, 1.807) is 29.9 Å². The van der Waals surface area contributed by atoms with E-state index in [1.807, 2.05) is 50.2 Å². The molecule has 0 atom stereocenters. The Labute approximate surface area is 214 Å². The summed E-state index contributed by atoms with van der Waals surface area (Å²) in [5, 5.41) is 16.8. The topological polar surface area (TPSA) is 126 Å². The van der Waals surface area contributed by atoms with Gasteiger partial charge in [-0.25, -0.2) is 9.97 Å². The van der Waals surface area contributed by atoms with Crippen LogP contribution in [-0.2, 0) is 0 Å². The summed E-state index contributed by atoms with van der Waals surface area (Å²) in [5.41, 5.74) is 4.16. The Morgan fingerprint density at radius 1 is 0.973 bits per heavy atom. The SMILES string of the molecule is CNC(=O)c1cc(Nc2cc(NC(=O)c3cccc(C)c3)ccc2C)n(-c2cc(NC3CC3)ncn2)n1. The molecule has 1 aliphatic carbocycles. The Hall–Kier alpha value is -4.73. The molecule has 4 aromatic rings. The molecule has 0 bridgehead atoms. The second-order valence-corrected chi connectivity index (χ2v) is 9.06. The van der Waals surface area contributed by atoms with E-state index in [-0.39, 0.29) is 17.5 Å². The number of hydrogen-bond donors (Lipinski definition) is 4. The van der Waals surface area contributed by atoms with Crippen molar-refractivity contribution in [3.05, 3.63) is 83.3 Å². The predicted molar refractivity (Wildman–Crippen MR) is 143 cm³/mol. The number of carbonyl (C=O) groups is 2. The van der Waals surface area contributed by atoms with Crippen LogP contribution in [0.5, 0.6) is 0 Å². The van der Waals surface area contributed by atoms with Crippen LogP contribution < -0.4 is 21.3 Å². The summed E-state index contributed by atoms with van der Waals surface area (Å²) in [4.78, 5) is 33.8. The Morgan fingerprint density at radius 2 is 1.81 bits per heavy atom. The minimum absolute atomic E-state index is 0.192. The van der Waals surface area contributed by atoms with Gasteiger partial charge in [-0.1, -0.05) is 23.8 Å². The van der Waals surface area contributed by atoms with Gasteiger partial charge in [0.05, 0.1) is 0 Å². The van der Waals surface area contributed by atoms with Crippen LogP contribution >= 0.6 is 0 Å². The van der Waals surface area contributed by atoms with Crippen LogP contribution in [0.3, 0.4) is 0 Å². The van der Waals surface area contributed by atoms with Crippen molar-refractivity contribution in [3.8, 4) is 5.82 Å². The summed E-state index contributed by atoms with van der Waals surface area (Å²) in [7, 11) is 1.56. The van der Waals surface area contributed by atoms with Crippen molar-refractivity contribution in [3.63, 3.8) is 0 Å². The van der Waals surface area contributed by atoms with Crippen molar-refractivity contribution in [1.29, 1.82) is 0 Å². The Kier molecular flexibility index (Phi) is 6.55. The number of nitrogens with zero attached hydrogens (tertiary/aromatic N) is 4. The van der Waals surface area contributed by atoms with Crippen molar-refractivity contribution in [1.82, 2.24) is 25.1 Å². The molecule has 2 amide bonds. The smallest absolute Gasteiger partial charge is 0.271 e. The van der Waals surface area contributed by atoms with E-state index in [1.165, 1.54) is 6.33 Å². The van der Waals surface area contributed by atoms with Gasteiger partial charge >= 0.3 is 0 Å². The molecular weight excluding hydrogens is 468 g/mol. The Morgan fingerprint density at radius 3 is 2.57 bits per heavy atom. The van der Waals surface area contributed by atoms with Crippen LogP contribution in [0.25, 0.3) is 5.82 Å². The van der Waals surface area contributed by atoms with Crippen molar-refractivity contribution in [2.45, 2.75) is 32.7 Å². The van der Waals surface area contributed by atoms with Gasteiger partial charge in [0.25, 0.3) is 11.8 Å². The van der Waals surface area contributed by atoms with Gasteiger partial charge in [-0.15, -0.1) is 0 Å². The molecule has 0 spiro atoms. The molecule has 1 aliphatic rings. The zero-order chi connectivity index (χ0) is 25.9. The van der Waals surface area contributed by atoms with E-state index in [2.05, 4.69) is 36.3 Å². The monoisotopic (exact) mass is 496 g/mol. The number of rotatable bonds is 8. The third-order valence-corrected chi connectivity index (χ3v) is 6.01. The van der Waals surface area contributed by atoms with Crippen LogP contribution in [0.2, 0.25) is 0 Å². The molecule has 188 valence electrons. The second kappa shape index (κ2) is 10.1. The first-order valence-corrected chi connectivity index (χ1v) is 12.1. The van der Waals surface area contributed by atoms with E-state index in [9.17, 15) is 9.59 Å². The van der Waals surface area contributed by atoms with E-state index in [4.69, 9.17) is 0 Å². The van der Waals surface area contributed by atoms with Crippen LogP contribution in [0.15, 0.2) is 60.9 Å². The number of benzene rings is 2. The van der Waals surface area contributed by atoms with Gasteiger partial charge in [-0.2, -0.15) is 9.78 Å². The first kappa shape index (κ1) is 24.0. The second-order valence-electron chi connectivity index (χ2n) is 9.06. The molecular formula is C27H28N8O2. The predicted octanol–water partition coefficient (Wildman–Crippen LogP) is 4.21. The Bertz CT molecular complexity index is 1480. The minimum Gasteiger partial charge on any atom is -0.367 e. The highest BCUT2D eigenvalue weighted by Gasteiger charge is 2.22. The lowest BCUT2D eigenvalue weighted by Gasteiger charge is -2.14. The zero-order valence-electron chi connectivity index (χ0n) is 20.9. The molecule has 2 heterocycles. The first-order valence-electron chi connectivity index (χ1n) is 12.1. The fraction of sp³-hybridized carbons (Fsp3) is 0.222. The Balaban J connectivity index is 1.45. The van der Waals surface area contributed by atoms with Gasteiger partial charge in [-0.05, 0) is 56.5 Å². The molecule has 4 N–H and O–H groups in total. The molecule has 0 saturated heterocycles. The van der Waals surface area contributed by atoms with Crippen molar-refractivity contribution < 1.29 is 9.59 Å². The molecule has 0 radical (unpaired) electrons. The highest BCUT2D eigenvalue weighted by Crippen LogP contribution is 2.28. The largest absolute Gasteiger partial charge is 0.367 e. The summed E-state index contributed by atoms with van der Waals surface area (Å²) in [5.74, 6) is 1.25. The van der Waals surface area contributed by atoms with Crippen LogP contribution in [0, 0.1) is 13.8 Å². The fourth-order valence-corrected chi connectivity index (χ4v) is 3.82. The number of carbonyl (C=O) groups excluding carboxylic acids is 2. The molecule has 1 saturated carbocycles. The molecule has 10 nitrogen and oxygen atoms in total. The van der Waals surface area contributed by atoms with Gasteiger partial charge in [0.15, 0.2) is 11.5 Å². The molecule has 10 heteroatoms. The summed E-state index contributed by atoms with van der Waals surface area (Å²) >= 11 is 0. The zero-order valence-corrected chi connectivity index (χ0v) is 20.9. The van der Waals surface area contributed by atoms with Gasteiger partial charge in [0, 0.05) is 42.2 Å². The highest BCUT2D eigenvalue weighted by molar-refractivity contribution is 6.04. The maximum Gasteiger partial charge on any atom is 0.271 e. The number of aryl methyl sites for hydroxylation is 2. The van der Waals surface area contributed by atoms with E-state index in [0.717, 1.165) is 29.7 Å².